The highest BCUT2D eigenvalue weighted by Crippen LogP contribution is 2.26. The van der Waals surface area contributed by atoms with E-state index in [1.165, 1.54) is 16.9 Å². The molecule has 1 aromatic carbocycles. The molecule has 1 aliphatic rings. The van der Waals surface area contributed by atoms with Crippen molar-refractivity contribution < 1.29 is 4.79 Å². The van der Waals surface area contributed by atoms with Crippen molar-refractivity contribution in [2.75, 3.05) is 18.8 Å². The highest BCUT2D eigenvalue weighted by molar-refractivity contribution is 9.10. The number of rotatable bonds is 4. The molecule has 1 saturated heterocycles. The molecule has 1 heterocycles. The summed E-state index contributed by atoms with van der Waals surface area (Å²) in [6, 6.07) is 6.40. The van der Waals surface area contributed by atoms with Gasteiger partial charge in [-0.1, -0.05) is 15.9 Å². The summed E-state index contributed by atoms with van der Waals surface area (Å²) in [5, 5.41) is 0. The van der Waals surface area contributed by atoms with Crippen LogP contribution in [0.1, 0.15) is 24.8 Å². The van der Waals surface area contributed by atoms with E-state index >= 15 is 0 Å². The molecule has 0 bridgehead atoms. The van der Waals surface area contributed by atoms with Gasteiger partial charge in [0.1, 0.15) is 0 Å². The summed E-state index contributed by atoms with van der Waals surface area (Å²) < 4.78 is 1.07. The van der Waals surface area contributed by atoms with Gasteiger partial charge < -0.3 is 10.6 Å². The molecule has 3 nitrogen and oxygen atoms in total. The van der Waals surface area contributed by atoms with Crippen LogP contribution in [0.4, 0.5) is 0 Å². The zero-order chi connectivity index (χ0) is 14.5. The molecule has 1 unspecified atom stereocenters. The van der Waals surface area contributed by atoms with Crippen molar-refractivity contribution in [1.29, 1.82) is 0 Å². The molecule has 1 aliphatic heterocycles. The number of amides is 1. The quantitative estimate of drug-likeness (QED) is 0.842. The van der Waals surface area contributed by atoms with Gasteiger partial charge in [0.25, 0.3) is 0 Å². The van der Waals surface area contributed by atoms with Crippen LogP contribution in [-0.4, -0.2) is 35.7 Å². The van der Waals surface area contributed by atoms with Crippen LogP contribution in [0.5, 0.6) is 0 Å². The molecule has 0 saturated carbocycles. The Balaban J connectivity index is 1.94. The van der Waals surface area contributed by atoms with Gasteiger partial charge in [0.2, 0.25) is 5.91 Å². The van der Waals surface area contributed by atoms with E-state index in [1.807, 2.05) is 11.0 Å². The van der Waals surface area contributed by atoms with Crippen LogP contribution in [-0.2, 0) is 4.79 Å². The van der Waals surface area contributed by atoms with Crippen molar-refractivity contribution in [1.82, 2.24) is 4.90 Å². The molecular formula is C15H21BrN2OS. The summed E-state index contributed by atoms with van der Waals surface area (Å²) in [5.74, 6) is 0.714. The van der Waals surface area contributed by atoms with Crippen LogP contribution in [0.3, 0.4) is 0 Å². The van der Waals surface area contributed by atoms with E-state index in [-0.39, 0.29) is 11.9 Å². The Bertz CT molecular complexity index is 481. The van der Waals surface area contributed by atoms with Gasteiger partial charge in [0, 0.05) is 28.5 Å². The number of nitrogens with zero attached hydrogens (tertiary/aromatic N) is 1. The Labute approximate surface area is 133 Å². The first-order chi connectivity index (χ1) is 9.61. The minimum atomic E-state index is 0.215. The number of carbonyl (C=O) groups excluding carboxylic acids is 1. The van der Waals surface area contributed by atoms with Gasteiger partial charge >= 0.3 is 0 Å². The standard InChI is InChI=1S/C15H21BrN2OS/c1-11-8-12(16)5-6-14(11)20-10-15(19)18-7-3-2-4-13(18)9-17/h5-6,8,13H,2-4,7,9-10,17H2,1H3. The Kier molecular flexibility index (Phi) is 5.93. The van der Waals surface area contributed by atoms with Gasteiger partial charge in [-0.05, 0) is 49.9 Å². The van der Waals surface area contributed by atoms with Crippen LogP contribution in [0.25, 0.3) is 0 Å². The van der Waals surface area contributed by atoms with Crippen molar-refractivity contribution >= 4 is 33.6 Å². The molecule has 2 rings (SSSR count). The zero-order valence-electron chi connectivity index (χ0n) is 11.8. The smallest absolute Gasteiger partial charge is 0.233 e. The third kappa shape index (κ3) is 3.99. The SMILES string of the molecule is Cc1cc(Br)ccc1SCC(=O)N1CCCCC1CN. The second kappa shape index (κ2) is 7.48. The third-order valence-electron chi connectivity index (χ3n) is 3.71. The van der Waals surface area contributed by atoms with Crippen molar-refractivity contribution in [2.24, 2.45) is 5.73 Å². The molecular weight excluding hydrogens is 336 g/mol. The molecule has 5 heteroatoms. The first-order valence-electron chi connectivity index (χ1n) is 7.00. The maximum Gasteiger partial charge on any atom is 0.233 e. The van der Waals surface area contributed by atoms with E-state index in [0.717, 1.165) is 23.9 Å². The Morgan fingerprint density at radius 1 is 1.50 bits per heavy atom. The van der Waals surface area contributed by atoms with Gasteiger partial charge in [-0.3, -0.25) is 4.79 Å². The number of hydrogen-bond donors (Lipinski definition) is 1. The number of hydrogen-bond acceptors (Lipinski definition) is 3. The van der Waals surface area contributed by atoms with E-state index in [0.29, 0.717) is 12.3 Å². The van der Waals surface area contributed by atoms with Crippen LogP contribution in [0.15, 0.2) is 27.6 Å². The van der Waals surface area contributed by atoms with Crippen LogP contribution in [0.2, 0.25) is 0 Å². The Morgan fingerprint density at radius 2 is 2.30 bits per heavy atom. The van der Waals surface area contributed by atoms with Gasteiger partial charge in [-0.15, -0.1) is 11.8 Å². The lowest BCUT2D eigenvalue weighted by molar-refractivity contribution is -0.131. The van der Waals surface area contributed by atoms with Gasteiger partial charge in [0.05, 0.1) is 5.75 Å². The number of carbonyl (C=O) groups is 1. The van der Waals surface area contributed by atoms with E-state index in [4.69, 9.17) is 5.73 Å². The minimum Gasteiger partial charge on any atom is -0.338 e. The van der Waals surface area contributed by atoms with Crippen molar-refractivity contribution in [3.63, 3.8) is 0 Å². The molecule has 110 valence electrons. The average Bonchev–Trinajstić information content (AvgIpc) is 2.46. The largest absolute Gasteiger partial charge is 0.338 e. The van der Waals surface area contributed by atoms with E-state index in [9.17, 15) is 4.79 Å². The summed E-state index contributed by atoms with van der Waals surface area (Å²) in [7, 11) is 0. The monoisotopic (exact) mass is 356 g/mol. The molecule has 0 spiro atoms. The summed E-state index contributed by atoms with van der Waals surface area (Å²) in [5.41, 5.74) is 6.97. The number of nitrogens with two attached hydrogens (primary N) is 1. The van der Waals surface area contributed by atoms with Crippen molar-refractivity contribution in [2.45, 2.75) is 37.1 Å². The highest BCUT2D eigenvalue weighted by Gasteiger charge is 2.25. The van der Waals surface area contributed by atoms with Gasteiger partial charge in [-0.25, -0.2) is 0 Å². The summed E-state index contributed by atoms with van der Waals surface area (Å²) in [6.45, 7) is 3.51. The predicted octanol–water partition coefficient (Wildman–Crippen LogP) is 3.19. The average molecular weight is 357 g/mol. The first kappa shape index (κ1) is 15.9. The number of benzene rings is 1. The Hall–Kier alpha value is -0.520. The lowest BCUT2D eigenvalue weighted by atomic mass is 10.0. The predicted molar refractivity (Wildman–Crippen MR) is 88.0 cm³/mol. The summed E-state index contributed by atoms with van der Waals surface area (Å²) in [4.78, 5) is 15.5. The molecule has 1 amide bonds. The summed E-state index contributed by atoms with van der Waals surface area (Å²) in [6.07, 6.45) is 3.33. The van der Waals surface area contributed by atoms with Crippen molar-refractivity contribution in [3.05, 3.63) is 28.2 Å². The summed E-state index contributed by atoms with van der Waals surface area (Å²) >= 11 is 5.07. The van der Waals surface area contributed by atoms with Crippen LogP contribution < -0.4 is 5.73 Å². The number of piperidine rings is 1. The number of halogens is 1. The highest BCUT2D eigenvalue weighted by atomic mass is 79.9. The maximum atomic E-state index is 12.4. The van der Waals surface area contributed by atoms with Crippen LogP contribution in [0, 0.1) is 6.92 Å². The molecule has 1 fully saturated rings. The topological polar surface area (TPSA) is 46.3 Å². The first-order valence-corrected chi connectivity index (χ1v) is 8.78. The lowest BCUT2D eigenvalue weighted by Gasteiger charge is -2.35. The minimum absolute atomic E-state index is 0.215. The number of aryl methyl sites for hydroxylation is 1. The fourth-order valence-corrected chi connectivity index (χ4v) is 3.94. The number of likely N-dealkylation sites (tertiary alicyclic amines) is 1. The Morgan fingerprint density at radius 3 is 3.00 bits per heavy atom. The number of thioether (sulfide) groups is 1. The molecule has 20 heavy (non-hydrogen) atoms. The second-order valence-electron chi connectivity index (χ2n) is 5.17. The second-order valence-corrected chi connectivity index (χ2v) is 7.10. The molecule has 0 radical (unpaired) electrons. The van der Waals surface area contributed by atoms with E-state index in [2.05, 4.69) is 35.0 Å². The van der Waals surface area contributed by atoms with Crippen molar-refractivity contribution in [3.8, 4) is 0 Å². The van der Waals surface area contributed by atoms with Gasteiger partial charge in [-0.2, -0.15) is 0 Å². The zero-order valence-corrected chi connectivity index (χ0v) is 14.2. The van der Waals surface area contributed by atoms with E-state index < -0.39 is 0 Å². The van der Waals surface area contributed by atoms with Gasteiger partial charge in [0.15, 0.2) is 0 Å². The van der Waals surface area contributed by atoms with Crippen LogP contribution >= 0.6 is 27.7 Å². The molecule has 0 aliphatic carbocycles. The molecule has 1 aromatic rings. The van der Waals surface area contributed by atoms with E-state index in [1.54, 1.807) is 11.8 Å². The molecule has 2 N–H and O–H groups in total. The fraction of sp³-hybridized carbons (Fsp3) is 0.533. The fourth-order valence-electron chi connectivity index (χ4n) is 2.57. The lowest BCUT2D eigenvalue weighted by Crippen LogP contribution is -2.48. The normalized spacial score (nSPS) is 19.1. The molecule has 1 atom stereocenters. The maximum absolute atomic E-state index is 12.4. The third-order valence-corrected chi connectivity index (χ3v) is 5.36. The molecule has 0 aromatic heterocycles.